The fourth-order valence-electron chi connectivity index (χ4n) is 1.41. The van der Waals surface area contributed by atoms with E-state index in [1.165, 1.54) is 24.0 Å². The third-order valence-electron chi connectivity index (χ3n) is 2.26. The quantitative estimate of drug-likeness (QED) is 0.679. The SMILES string of the molecule is Cc1cc([N+](=O)[O-])cnc1Sc1cccc(O)c1. The number of hydrogen-bond donors (Lipinski definition) is 1. The van der Waals surface area contributed by atoms with Crippen molar-refractivity contribution in [3.63, 3.8) is 0 Å². The van der Waals surface area contributed by atoms with Crippen molar-refractivity contribution >= 4 is 17.4 Å². The van der Waals surface area contributed by atoms with Crippen molar-refractivity contribution in [2.24, 2.45) is 0 Å². The summed E-state index contributed by atoms with van der Waals surface area (Å²) in [5.74, 6) is 0.180. The fraction of sp³-hybridized carbons (Fsp3) is 0.0833. The number of phenolic OH excluding ortho intramolecular Hbond substituents is 1. The molecule has 1 heterocycles. The predicted octanol–water partition coefficient (Wildman–Crippen LogP) is 3.16. The molecule has 1 aromatic carbocycles. The third kappa shape index (κ3) is 2.78. The van der Waals surface area contributed by atoms with Gasteiger partial charge in [-0.25, -0.2) is 4.98 Å². The molecule has 2 rings (SSSR count). The van der Waals surface area contributed by atoms with E-state index < -0.39 is 4.92 Å². The van der Waals surface area contributed by atoms with E-state index in [9.17, 15) is 15.2 Å². The minimum Gasteiger partial charge on any atom is -0.508 e. The highest BCUT2D eigenvalue weighted by Gasteiger charge is 2.10. The molecule has 0 atom stereocenters. The Labute approximate surface area is 108 Å². The summed E-state index contributed by atoms with van der Waals surface area (Å²) < 4.78 is 0. The van der Waals surface area contributed by atoms with E-state index in [1.54, 1.807) is 25.1 Å². The van der Waals surface area contributed by atoms with Gasteiger partial charge in [-0.2, -0.15) is 0 Å². The first-order valence-electron chi connectivity index (χ1n) is 5.14. The Morgan fingerprint density at radius 1 is 1.39 bits per heavy atom. The average molecular weight is 262 g/mol. The fourth-order valence-corrected chi connectivity index (χ4v) is 2.29. The zero-order valence-corrected chi connectivity index (χ0v) is 10.3. The molecule has 0 fully saturated rings. The van der Waals surface area contributed by atoms with Gasteiger partial charge in [-0.1, -0.05) is 17.8 Å². The highest BCUT2D eigenvalue weighted by molar-refractivity contribution is 7.99. The molecule has 92 valence electrons. The van der Waals surface area contributed by atoms with E-state index in [2.05, 4.69) is 4.98 Å². The van der Waals surface area contributed by atoms with Crippen LogP contribution in [-0.4, -0.2) is 15.0 Å². The van der Waals surface area contributed by atoms with Gasteiger partial charge in [-0.3, -0.25) is 10.1 Å². The predicted molar refractivity (Wildman–Crippen MR) is 67.9 cm³/mol. The summed E-state index contributed by atoms with van der Waals surface area (Å²) in [5, 5.41) is 20.6. The molecule has 18 heavy (non-hydrogen) atoms. The molecule has 0 saturated carbocycles. The van der Waals surface area contributed by atoms with Crippen LogP contribution in [0.2, 0.25) is 0 Å². The zero-order chi connectivity index (χ0) is 13.1. The molecule has 5 nitrogen and oxygen atoms in total. The smallest absolute Gasteiger partial charge is 0.287 e. The molecule has 2 aromatic rings. The summed E-state index contributed by atoms with van der Waals surface area (Å²) in [6.45, 7) is 1.77. The highest BCUT2D eigenvalue weighted by atomic mass is 32.2. The summed E-state index contributed by atoms with van der Waals surface area (Å²) in [5.41, 5.74) is 0.713. The zero-order valence-electron chi connectivity index (χ0n) is 9.53. The molecule has 0 amide bonds. The molecule has 0 bridgehead atoms. The lowest BCUT2D eigenvalue weighted by Gasteiger charge is -2.04. The second kappa shape index (κ2) is 5.05. The van der Waals surface area contributed by atoms with Crippen molar-refractivity contribution in [2.45, 2.75) is 16.8 Å². The maximum absolute atomic E-state index is 10.6. The number of hydrogen-bond acceptors (Lipinski definition) is 5. The van der Waals surface area contributed by atoms with Gasteiger partial charge in [-0.15, -0.1) is 0 Å². The topological polar surface area (TPSA) is 76.3 Å². The van der Waals surface area contributed by atoms with Crippen molar-refractivity contribution in [2.75, 3.05) is 0 Å². The Hall–Kier alpha value is -2.08. The van der Waals surface area contributed by atoms with E-state index in [1.807, 2.05) is 6.07 Å². The van der Waals surface area contributed by atoms with Crippen LogP contribution in [-0.2, 0) is 0 Å². The van der Waals surface area contributed by atoms with Crippen LogP contribution in [0.3, 0.4) is 0 Å². The number of benzene rings is 1. The Kier molecular flexibility index (Phi) is 3.47. The first-order chi connectivity index (χ1) is 8.56. The molecule has 1 N–H and O–H groups in total. The van der Waals surface area contributed by atoms with Gasteiger partial charge in [-0.05, 0) is 30.7 Å². The summed E-state index contributed by atoms with van der Waals surface area (Å²) >= 11 is 1.36. The summed E-state index contributed by atoms with van der Waals surface area (Å²) in [6, 6.07) is 8.26. The van der Waals surface area contributed by atoms with Crippen LogP contribution >= 0.6 is 11.8 Å². The molecule has 0 unspecified atom stereocenters. The first-order valence-corrected chi connectivity index (χ1v) is 5.96. The van der Waals surface area contributed by atoms with Crippen LogP contribution in [0.25, 0.3) is 0 Å². The first kappa shape index (κ1) is 12.4. The monoisotopic (exact) mass is 262 g/mol. The second-order valence-corrected chi connectivity index (χ2v) is 4.73. The van der Waals surface area contributed by atoms with E-state index in [-0.39, 0.29) is 11.4 Å². The largest absolute Gasteiger partial charge is 0.508 e. The van der Waals surface area contributed by atoms with Crippen LogP contribution in [0.1, 0.15) is 5.56 Å². The second-order valence-electron chi connectivity index (χ2n) is 3.67. The van der Waals surface area contributed by atoms with Gasteiger partial charge in [0.15, 0.2) is 0 Å². The van der Waals surface area contributed by atoms with E-state index in [0.717, 1.165) is 10.5 Å². The van der Waals surface area contributed by atoms with Gasteiger partial charge in [0.1, 0.15) is 17.0 Å². The number of aromatic nitrogens is 1. The summed E-state index contributed by atoms with van der Waals surface area (Å²) in [6.07, 6.45) is 1.23. The Morgan fingerprint density at radius 3 is 2.78 bits per heavy atom. The lowest BCUT2D eigenvalue weighted by Crippen LogP contribution is -1.92. The molecule has 0 spiro atoms. The van der Waals surface area contributed by atoms with Gasteiger partial charge in [0, 0.05) is 11.0 Å². The summed E-state index contributed by atoms with van der Waals surface area (Å²) in [4.78, 5) is 15.0. The van der Waals surface area contributed by atoms with Crippen LogP contribution in [0.15, 0.2) is 46.5 Å². The molecule has 0 saturated heterocycles. The van der Waals surface area contributed by atoms with Crippen molar-refractivity contribution < 1.29 is 10.0 Å². The molecular formula is C12H10N2O3S. The lowest BCUT2D eigenvalue weighted by atomic mass is 10.3. The minimum atomic E-state index is -0.469. The maximum atomic E-state index is 10.6. The van der Waals surface area contributed by atoms with E-state index >= 15 is 0 Å². The molecule has 0 aliphatic heterocycles. The molecule has 0 aliphatic rings. The maximum Gasteiger partial charge on any atom is 0.287 e. The molecule has 0 radical (unpaired) electrons. The number of rotatable bonds is 3. The lowest BCUT2D eigenvalue weighted by molar-refractivity contribution is -0.385. The van der Waals surface area contributed by atoms with Crippen molar-refractivity contribution in [3.8, 4) is 5.75 Å². The molecule has 1 aromatic heterocycles. The third-order valence-corrected chi connectivity index (χ3v) is 3.37. The van der Waals surface area contributed by atoms with Gasteiger partial charge in [0.2, 0.25) is 0 Å². The number of phenols is 1. The average Bonchev–Trinajstić information content (AvgIpc) is 2.31. The molecular weight excluding hydrogens is 252 g/mol. The number of nitrogens with zero attached hydrogens (tertiary/aromatic N) is 2. The van der Waals surface area contributed by atoms with Gasteiger partial charge in [0.25, 0.3) is 5.69 Å². The molecule has 6 heteroatoms. The van der Waals surface area contributed by atoms with Crippen LogP contribution in [0, 0.1) is 17.0 Å². The summed E-state index contributed by atoms with van der Waals surface area (Å²) in [7, 11) is 0. The number of nitro groups is 1. The normalized spacial score (nSPS) is 10.3. The van der Waals surface area contributed by atoms with Crippen molar-refractivity contribution in [3.05, 3.63) is 52.2 Å². The van der Waals surface area contributed by atoms with E-state index in [0.29, 0.717) is 5.03 Å². The van der Waals surface area contributed by atoms with Gasteiger partial charge >= 0.3 is 0 Å². The van der Waals surface area contributed by atoms with Gasteiger partial charge in [0.05, 0.1) is 4.92 Å². The van der Waals surface area contributed by atoms with Crippen LogP contribution < -0.4 is 0 Å². The Balaban J connectivity index is 2.27. The van der Waals surface area contributed by atoms with Crippen LogP contribution in [0.5, 0.6) is 5.75 Å². The number of aryl methyl sites for hydroxylation is 1. The van der Waals surface area contributed by atoms with Crippen molar-refractivity contribution in [1.29, 1.82) is 0 Å². The van der Waals surface area contributed by atoms with Gasteiger partial charge < -0.3 is 5.11 Å². The number of aromatic hydroxyl groups is 1. The Morgan fingerprint density at radius 2 is 2.17 bits per heavy atom. The standard InChI is InChI=1S/C12H10N2O3S/c1-8-5-9(14(16)17)7-13-12(8)18-11-4-2-3-10(15)6-11/h2-7,15H,1H3. The van der Waals surface area contributed by atoms with Crippen molar-refractivity contribution in [1.82, 2.24) is 4.98 Å². The van der Waals surface area contributed by atoms with Crippen LogP contribution in [0.4, 0.5) is 5.69 Å². The Bertz CT molecular complexity index is 602. The minimum absolute atomic E-state index is 0.0206. The molecule has 0 aliphatic carbocycles. The number of pyridine rings is 1. The van der Waals surface area contributed by atoms with E-state index in [4.69, 9.17) is 0 Å². The highest BCUT2D eigenvalue weighted by Crippen LogP contribution is 2.31.